The molecule has 4 amide bonds. The van der Waals surface area contributed by atoms with Crippen molar-refractivity contribution in [1.29, 1.82) is 0 Å². The molecule has 12 heteroatoms. The van der Waals surface area contributed by atoms with Crippen molar-refractivity contribution in [1.82, 2.24) is 30.6 Å². The monoisotopic (exact) mass is 434 g/mol. The number of anilines is 2. The first-order chi connectivity index (χ1) is 14.7. The molecule has 0 aliphatic heterocycles. The molecule has 0 unspecified atom stereocenters. The lowest BCUT2D eigenvalue weighted by Gasteiger charge is -2.13. The maximum Gasteiger partial charge on any atom is 0.321 e. The number of urea groups is 2. The lowest BCUT2D eigenvalue weighted by atomic mass is 10.0. The molecule has 31 heavy (non-hydrogen) atoms. The van der Waals surface area contributed by atoms with Gasteiger partial charge in [0.15, 0.2) is 0 Å². The highest BCUT2D eigenvalue weighted by atomic mass is 16.2. The third kappa shape index (κ3) is 10.1. The molecule has 170 valence electrons. The molecule has 0 spiro atoms. The van der Waals surface area contributed by atoms with E-state index in [9.17, 15) is 19.2 Å². The van der Waals surface area contributed by atoms with Gasteiger partial charge < -0.3 is 10.6 Å². The van der Waals surface area contributed by atoms with Gasteiger partial charge in [0.25, 0.3) is 11.1 Å². The lowest BCUT2D eigenvalue weighted by Crippen LogP contribution is -2.33. The fourth-order valence-corrected chi connectivity index (χ4v) is 2.41. The van der Waals surface area contributed by atoms with E-state index >= 15 is 0 Å². The Kier molecular flexibility index (Phi) is 10.4. The Labute approximate surface area is 179 Å². The number of amides is 4. The molecule has 0 saturated heterocycles. The fourth-order valence-electron chi connectivity index (χ4n) is 2.41. The minimum atomic E-state index is -0.422. The molecule has 12 nitrogen and oxygen atoms in total. The Bertz CT molecular complexity index is 981. The summed E-state index contributed by atoms with van der Waals surface area (Å²) in [5, 5.41) is 9.97. The first kappa shape index (κ1) is 25.3. The van der Waals surface area contributed by atoms with Crippen LogP contribution in [0, 0.1) is 19.8 Å². The van der Waals surface area contributed by atoms with Crippen molar-refractivity contribution < 1.29 is 9.59 Å². The van der Waals surface area contributed by atoms with Gasteiger partial charge in [-0.25, -0.2) is 19.6 Å². The van der Waals surface area contributed by atoms with E-state index in [1.54, 1.807) is 13.8 Å². The lowest BCUT2D eigenvalue weighted by molar-refractivity contribution is 0.249. The molecule has 0 atom stereocenters. The molecular weight excluding hydrogens is 404 g/mol. The van der Waals surface area contributed by atoms with Crippen LogP contribution in [0.15, 0.2) is 21.7 Å². The van der Waals surface area contributed by atoms with Crippen LogP contribution >= 0.6 is 0 Å². The Morgan fingerprint density at radius 2 is 1.35 bits per heavy atom. The number of carbonyl (C=O) groups is 2. The van der Waals surface area contributed by atoms with Gasteiger partial charge >= 0.3 is 12.1 Å². The number of hydrogen-bond acceptors (Lipinski definition) is 6. The minimum absolute atomic E-state index is 0.143. The van der Waals surface area contributed by atoms with Gasteiger partial charge in [-0.2, -0.15) is 0 Å². The highest BCUT2D eigenvalue weighted by molar-refractivity contribution is 5.87. The second-order valence-corrected chi connectivity index (χ2v) is 6.69. The van der Waals surface area contributed by atoms with E-state index in [0.717, 1.165) is 12.8 Å². The second kappa shape index (κ2) is 12.8. The third-order valence-corrected chi connectivity index (χ3v) is 4.14. The predicted molar refractivity (Wildman–Crippen MR) is 118 cm³/mol. The van der Waals surface area contributed by atoms with Gasteiger partial charge in [0.2, 0.25) is 11.9 Å². The van der Waals surface area contributed by atoms with Gasteiger partial charge in [0, 0.05) is 37.1 Å². The molecule has 2 aromatic rings. The molecule has 2 heterocycles. The van der Waals surface area contributed by atoms with Crippen LogP contribution in [0.3, 0.4) is 0 Å². The van der Waals surface area contributed by atoms with Crippen molar-refractivity contribution in [3.8, 4) is 0 Å². The molecule has 0 fully saturated rings. The molecule has 0 bridgehead atoms. The molecule has 6 N–H and O–H groups in total. The highest BCUT2D eigenvalue weighted by Crippen LogP contribution is 2.05. The van der Waals surface area contributed by atoms with Crippen LogP contribution in [0.5, 0.6) is 0 Å². The average Bonchev–Trinajstić information content (AvgIpc) is 2.67. The van der Waals surface area contributed by atoms with Gasteiger partial charge in [0.05, 0.1) is 0 Å². The van der Waals surface area contributed by atoms with Crippen molar-refractivity contribution >= 4 is 24.0 Å². The summed E-state index contributed by atoms with van der Waals surface area (Å²) in [5.41, 5.74) is 0.542. The van der Waals surface area contributed by atoms with Crippen LogP contribution in [-0.4, -0.2) is 45.6 Å². The number of rotatable bonds is 6. The average molecular weight is 435 g/mol. The van der Waals surface area contributed by atoms with Gasteiger partial charge in [-0.15, -0.1) is 0 Å². The van der Waals surface area contributed by atoms with E-state index in [-0.39, 0.29) is 29.0 Å². The van der Waals surface area contributed by atoms with Gasteiger partial charge in [-0.1, -0.05) is 26.7 Å². The van der Waals surface area contributed by atoms with Gasteiger partial charge in [-0.3, -0.25) is 30.2 Å². The first-order valence-corrected chi connectivity index (χ1v) is 9.86. The number of H-pyrrole nitrogens is 2. The van der Waals surface area contributed by atoms with Crippen molar-refractivity contribution in [2.75, 3.05) is 24.2 Å². The molecule has 0 aliphatic rings. The summed E-state index contributed by atoms with van der Waals surface area (Å²) in [7, 11) is 1.48. The molecule has 2 rings (SSSR count). The number of nitrogens with zero attached hydrogens (tertiary/aromatic N) is 2. The van der Waals surface area contributed by atoms with Crippen molar-refractivity contribution in [2.24, 2.45) is 5.92 Å². The summed E-state index contributed by atoms with van der Waals surface area (Å²) in [6.45, 7) is 8.17. The summed E-state index contributed by atoms with van der Waals surface area (Å²) in [5.74, 6) is 0.784. The fraction of sp³-hybridized carbons (Fsp3) is 0.474. The topological polar surface area (TPSA) is 174 Å². The van der Waals surface area contributed by atoms with E-state index in [1.165, 1.54) is 19.2 Å². The Balaban J connectivity index is 0.000000327. The zero-order chi connectivity index (χ0) is 23.4. The number of aromatic amines is 2. The quantitative estimate of drug-likeness (QED) is 0.401. The van der Waals surface area contributed by atoms with E-state index < -0.39 is 6.03 Å². The maximum atomic E-state index is 11.6. The van der Waals surface area contributed by atoms with Crippen molar-refractivity contribution in [3.05, 3.63) is 44.2 Å². The number of hydrogen-bond donors (Lipinski definition) is 6. The minimum Gasteiger partial charge on any atom is -0.341 e. The van der Waals surface area contributed by atoms with Crippen LogP contribution < -0.4 is 32.4 Å². The summed E-state index contributed by atoms with van der Waals surface area (Å²) >= 11 is 0. The SMILES string of the molecule is CCC(CC)CNC(=O)Nc1nc(C)cc(=O)[nH]1.CNC(=O)Nc1nc(C)cc(=O)[nH]1. The molecule has 0 radical (unpaired) electrons. The predicted octanol–water partition coefficient (Wildman–Crippen LogP) is 1.47. The summed E-state index contributed by atoms with van der Waals surface area (Å²) in [6, 6.07) is 1.94. The molecule has 0 saturated carbocycles. The largest absolute Gasteiger partial charge is 0.341 e. The van der Waals surface area contributed by atoms with E-state index in [4.69, 9.17) is 0 Å². The highest BCUT2D eigenvalue weighted by Gasteiger charge is 2.08. The Morgan fingerprint density at radius 1 is 0.903 bits per heavy atom. The van der Waals surface area contributed by atoms with Crippen LogP contribution in [0.25, 0.3) is 0 Å². The van der Waals surface area contributed by atoms with Crippen LogP contribution in [0.2, 0.25) is 0 Å². The summed E-state index contributed by atoms with van der Waals surface area (Å²) < 4.78 is 0. The number of nitrogens with one attached hydrogen (secondary N) is 6. The van der Waals surface area contributed by atoms with Gasteiger partial charge in [-0.05, 0) is 19.8 Å². The molecular formula is C19H30N8O4. The van der Waals surface area contributed by atoms with Gasteiger partial charge in [0.1, 0.15) is 0 Å². The Morgan fingerprint density at radius 3 is 1.74 bits per heavy atom. The van der Waals surface area contributed by atoms with E-state index in [2.05, 4.69) is 55.1 Å². The summed E-state index contributed by atoms with van der Waals surface area (Å²) in [4.78, 5) is 57.2. The molecule has 0 aromatic carbocycles. The van der Waals surface area contributed by atoms with Crippen LogP contribution in [-0.2, 0) is 0 Å². The summed E-state index contributed by atoms with van der Waals surface area (Å²) in [6.07, 6.45) is 2.05. The molecule has 2 aromatic heterocycles. The van der Waals surface area contributed by atoms with E-state index in [0.29, 0.717) is 23.9 Å². The van der Waals surface area contributed by atoms with Crippen molar-refractivity contribution in [3.63, 3.8) is 0 Å². The van der Waals surface area contributed by atoms with Crippen LogP contribution in [0.1, 0.15) is 38.1 Å². The number of carbonyl (C=O) groups excluding carboxylic acids is 2. The molecule has 0 aliphatic carbocycles. The second-order valence-electron chi connectivity index (χ2n) is 6.69. The smallest absolute Gasteiger partial charge is 0.321 e. The zero-order valence-corrected chi connectivity index (χ0v) is 18.4. The van der Waals surface area contributed by atoms with E-state index in [1.807, 2.05) is 0 Å². The standard InChI is InChI=1S/C12H20N4O2.C7H10N4O2/c1-4-9(5-2)7-13-12(18)16-11-14-8(3)6-10(17)15-11;1-4-3-5(12)10-6(9-4)11-7(13)8-2/h6,9H,4-5,7H2,1-3H3,(H3,13,14,15,16,17,18);3H,1-2H3,(H3,8,9,10,11,12,13). The maximum absolute atomic E-state index is 11.6. The zero-order valence-electron chi connectivity index (χ0n) is 18.4. The third-order valence-electron chi connectivity index (χ3n) is 4.14. The number of aryl methyl sites for hydroxylation is 2. The first-order valence-electron chi connectivity index (χ1n) is 9.86. The van der Waals surface area contributed by atoms with Crippen LogP contribution in [0.4, 0.5) is 21.5 Å². The van der Waals surface area contributed by atoms with Crippen molar-refractivity contribution in [2.45, 2.75) is 40.5 Å². The normalized spacial score (nSPS) is 10.0. The Hall–Kier alpha value is -3.70. The number of aromatic nitrogens is 4.